The molecule has 4 rings (SSSR count). The minimum atomic E-state index is -0.341. The molecule has 0 unspecified atom stereocenters. The van der Waals surface area contributed by atoms with Crippen LogP contribution in [0.15, 0.2) is 54.6 Å². The highest BCUT2D eigenvalue weighted by molar-refractivity contribution is 5.70. The van der Waals surface area contributed by atoms with Gasteiger partial charge in [-0.15, -0.1) is 0 Å². The van der Waals surface area contributed by atoms with E-state index in [0.29, 0.717) is 17.2 Å². The number of phenols is 3. The molecule has 0 saturated carbocycles. The fourth-order valence-electron chi connectivity index (χ4n) is 5.61. The average Bonchev–Trinajstić information content (AvgIpc) is 2.87. The first-order chi connectivity index (χ1) is 18.0. The molecule has 4 aromatic carbocycles. The van der Waals surface area contributed by atoms with Crippen molar-refractivity contribution in [3.05, 3.63) is 110 Å². The van der Waals surface area contributed by atoms with E-state index < -0.39 is 0 Å². The number of phenolic OH excluding ortho intramolecular Hbond substituents is 3. The number of benzene rings is 4. The minimum absolute atomic E-state index is 0.334. The molecule has 0 aliphatic carbocycles. The van der Waals surface area contributed by atoms with Crippen LogP contribution in [0.3, 0.4) is 0 Å². The lowest BCUT2D eigenvalue weighted by molar-refractivity contribution is 0.465. The first kappa shape index (κ1) is 28.3. The second-order valence-corrected chi connectivity index (χ2v) is 12.4. The van der Waals surface area contributed by atoms with Gasteiger partial charge in [0, 0.05) is 10.8 Å². The number of hydrogen-bond donors (Lipinski definition) is 3. The monoisotopic (exact) mass is 522 g/mol. The maximum Gasteiger partial charge on any atom is 0.121 e. The van der Waals surface area contributed by atoms with Gasteiger partial charge in [-0.1, -0.05) is 70.2 Å². The highest BCUT2D eigenvalue weighted by Gasteiger charge is 2.30. The molecule has 4 aromatic rings. The van der Waals surface area contributed by atoms with Crippen LogP contribution in [0.5, 0.6) is 17.2 Å². The smallest absolute Gasteiger partial charge is 0.121 e. The van der Waals surface area contributed by atoms with E-state index in [9.17, 15) is 15.3 Å². The maximum atomic E-state index is 10.5. The minimum Gasteiger partial charge on any atom is -0.507 e. The normalized spacial score (nSPS) is 12.2. The van der Waals surface area contributed by atoms with E-state index in [2.05, 4.69) is 82.3 Å². The van der Waals surface area contributed by atoms with Crippen molar-refractivity contribution in [1.82, 2.24) is 0 Å². The van der Waals surface area contributed by atoms with Crippen LogP contribution in [-0.4, -0.2) is 15.3 Å². The van der Waals surface area contributed by atoms with Crippen molar-refractivity contribution in [3.8, 4) is 28.4 Å². The predicted octanol–water partition coefficient (Wildman–Crippen LogP) is 8.97. The summed E-state index contributed by atoms with van der Waals surface area (Å²) >= 11 is 0. The molecule has 3 heteroatoms. The SMILES string of the molecule is Cc1cc(-c2cc(C(C)(C)c3cc(C)c(O)c(C)c3)cc(C(C)(C)c3cc(C)c(O)c(C)c3)c2)cc(C)c1O. The Bertz CT molecular complexity index is 1430. The highest BCUT2D eigenvalue weighted by atomic mass is 16.3. The Labute approximate surface area is 233 Å². The van der Waals surface area contributed by atoms with Gasteiger partial charge in [0.15, 0.2) is 0 Å². The third-order valence-electron chi connectivity index (χ3n) is 8.63. The van der Waals surface area contributed by atoms with Crippen LogP contribution in [0.2, 0.25) is 0 Å². The summed E-state index contributed by atoms with van der Waals surface area (Å²) in [5, 5.41) is 31.3. The Morgan fingerprint density at radius 3 is 0.897 bits per heavy atom. The second kappa shape index (κ2) is 9.79. The van der Waals surface area contributed by atoms with Crippen LogP contribution < -0.4 is 0 Å². The van der Waals surface area contributed by atoms with Gasteiger partial charge in [-0.3, -0.25) is 0 Å². The van der Waals surface area contributed by atoms with E-state index in [1.165, 1.54) is 11.1 Å². The largest absolute Gasteiger partial charge is 0.507 e. The van der Waals surface area contributed by atoms with Gasteiger partial charge < -0.3 is 15.3 Å². The number of aromatic hydroxyl groups is 3. The molecular formula is C36H42O3. The van der Waals surface area contributed by atoms with Crippen LogP contribution >= 0.6 is 0 Å². The molecule has 0 spiro atoms. The maximum absolute atomic E-state index is 10.5. The summed E-state index contributed by atoms with van der Waals surface area (Å²) in [6.07, 6.45) is 0. The van der Waals surface area contributed by atoms with Gasteiger partial charge in [0.2, 0.25) is 0 Å². The van der Waals surface area contributed by atoms with Crippen molar-refractivity contribution in [2.24, 2.45) is 0 Å². The quantitative estimate of drug-likeness (QED) is 0.245. The van der Waals surface area contributed by atoms with Crippen molar-refractivity contribution in [2.75, 3.05) is 0 Å². The fraction of sp³-hybridized carbons (Fsp3) is 0.333. The summed E-state index contributed by atoms with van der Waals surface area (Å²) in [5.41, 5.74) is 11.3. The zero-order valence-electron chi connectivity index (χ0n) is 25.0. The summed E-state index contributed by atoms with van der Waals surface area (Å²) in [4.78, 5) is 0. The lowest BCUT2D eigenvalue weighted by Crippen LogP contribution is -2.23. The van der Waals surface area contributed by atoms with Gasteiger partial charge in [0.25, 0.3) is 0 Å². The van der Waals surface area contributed by atoms with Gasteiger partial charge in [-0.05, 0) is 120 Å². The van der Waals surface area contributed by atoms with E-state index in [1.54, 1.807) is 0 Å². The molecule has 0 saturated heterocycles. The Morgan fingerprint density at radius 2 is 0.590 bits per heavy atom. The van der Waals surface area contributed by atoms with Gasteiger partial charge >= 0.3 is 0 Å². The summed E-state index contributed by atoms with van der Waals surface area (Å²) < 4.78 is 0. The van der Waals surface area contributed by atoms with Gasteiger partial charge in [0.05, 0.1) is 0 Å². The van der Waals surface area contributed by atoms with E-state index in [4.69, 9.17) is 0 Å². The van der Waals surface area contributed by atoms with Crippen molar-refractivity contribution < 1.29 is 15.3 Å². The summed E-state index contributed by atoms with van der Waals surface area (Å²) in [5.74, 6) is 1.03. The van der Waals surface area contributed by atoms with Crippen LogP contribution in [0.25, 0.3) is 11.1 Å². The molecule has 3 nitrogen and oxygen atoms in total. The molecule has 0 heterocycles. The average molecular weight is 523 g/mol. The Hall–Kier alpha value is -3.72. The van der Waals surface area contributed by atoms with Crippen molar-refractivity contribution >= 4 is 0 Å². The summed E-state index contributed by atoms with van der Waals surface area (Å²) in [6.45, 7) is 20.6. The molecule has 0 aliphatic heterocycles. The van der Waals surface area contributed by atoms with Gasteiger partial charge in [-0.2, -0.15) is 0 Å². The molecule has 0 aromatic heterocycles. The molecule has 0 radical (unpaired) electrons. The number of rotatable bonds is 5. The number of aryl methyl sites for hydroxylation is 6. The lowest BCUT2D eigenvalue weighted by Gasteiger charge is -2.33. The first-order valence-electron chi connectivity index (χ1n) is 13.6. The summed E-state index contributed by atoms with van der Waals surface area (Å²) in [7, 11) is 0. The fourth-order valence-corrected chi connectivity index (χ4v) is 5.61. The third kappa shape index (κ3) is 5.03. The van der Waals surface area contributed by atoms with E-state index in [0.717, 1.165) is 55.6 Å². The van der Waals surface area contributed by atoms with Crippen LogP contribution in [0.4, 0.5) is 0 Å². The van der Waals surface area contributed by atoms with Gasteiger partial charge in [-0.25, -0.2) is 0 Å². The zero-order chi connectivity index (χ0) is 29.0. The lowest BCUT2D eigenvalue weighted by atomic mass is 9.71. The predicted molar refractivity (Wildman–Crippen MR) is 162 cm³/mol. The molecule has 0 amide bonds. The second-order valence-electron chi connectivity index (χ2n) is 12.4. The van der Waals surface area contributed by atoms with Crippen LogP contribution in [0.1, 0.15) is 83.3 Å². The number of hydrogen-bond acceptors (Lipinski definition) is 3. The molecule has 3 N–H and O–H groups in total. The van der Waals surface area contributed by atoms with Crippen molar-refractivity contribution in [2.45, 2.75) is 80.1 Å². The molecular weight excluding hydrogens is 480 g/mol. The van der Waals surface area contributed by atoms with Crippen LogP contribution in [0, 0.1) is 41.5 Å². The molecule has 0 atom stereocenters. The van der Waals surface area contributed by atoms with Crippen LogP contribution in [-0.2, 0) is 10.8 Å². The van der Waals surface area contributed by atoms with E-state index in [1.807, 2.05) is 41.5 Å². The molecule has 0 aliphatic rings. The molecule has 0 bridgehead atoms. The van der Waals surface area contributed by atoms with E-state index in [-0.39, 0.29) is 10.8 Å². The highest BCUT2D eigenvalue weighted by Crippen LogP contribution is 2.42. The molecule has 204 valence electrons. The molecule has 0 fully saturated rings. The van der Waals surface area contributed by atoms with Crippen molar-refractivity contribution in [1.29, 1.82) is 0 Å². The Kier molecular flexibility index (Phi) is 7.10. The standard InChI is InChI=1S/C36H42O3/c1-20-11-26(12-21(2)32(20)37)27-17-30(35(7,8)28-13-22(3)33(38)23(4)14-28)19-31(18-27)36(9,10)29-15-24(5)34(39)25(6)16-29/h11-19,37-39H,1-10H3. The Balaban J connectivity index is 2.01. The van der Waals surface area contributed by atoms with E-state index >= 15 is 0 Å². The first-order valence-corrected chi connectivity index (χ1v) is 13.6. The Morgan fingerprint density at radius 1 is 0.359 bits per heavy atom. The third-order valence-corrected chi connectivity index (χ3v) is 8.63. The van der Waals surface area contributed by atoms with Gasteiger partial charge in [0.1, 0.15) is 17.2 Å². The topological polar surface area (TPSA) is 60.7 Å². The summed E-state index contributed by atoms with van der Waals surface area (Å²) in [6, 6.07) is 19.3. The van der Waals surface area contributed by atoms with Crippen molar-refractivity contribution in [3.63, 3.8) is 0 Å². The zero-order valence-corrected chi connectivity index (χ0v) is 25.0. The molecule has 39 heavy (non-hydrogen) atoms.